The van der Waals surface area contributed by atoms with E-state index in [1.54, 1.807) is 6.33 Å². The SMILES string of the molecule is c1nsc(N2CCCC(C3CCCN3)C2)n1. The van der Waals surface area contributed by atoms with Gasteiger partial charge in [0.05, 0.1) is 0 Å². The second-order valence-corrected chi connectivity index (χ2v) is 5.53. The Hall–Kier alpha value is -0.680. The van der Waals surface area contributed by atoms with Crippen LogP contribution in [0.4, 0.5) is 5.13 Å². The molecule has 1 aromatic heterocycles. The standard InChI is InChI=1S/C11H18N4S/c1-4-10(12-5-1)9-3-2-6-15(7-9)11-13-8-14-16-11/h8-10,12H,1-7H2. The Morgan fingerprint density at radius 1 is 1.38 bits per heavy atom. The highest BCUT2D eigenvalue weighted by molar-refractivity contribution is 7.09. The van der Waals surface area contributed by atoms with Crippen molar-refractivity contribution in [3.63, 3.8) is 0 Å². The summed E-state index contributed by atoms with van der Waals surface area (Å²) >= 11 is 1.52. The number of rotatable bonds is 2. The molecule has 0 aliphatic carbocycles. The minimum absolute atomic E-state index is 0.746. The molecule has 1 aromatic rings. The average molecular weight is 238 g/mol. The summed E-state index contributed by atoms with van der Waals surface area (Å²) in [6.07, 6.45) is 7.03. The van der Waals surface area contributed by atoms with Crippen LogP contribution < -0.4 is 10.2 Å². The molecule has 3 heterocycles. The minimum Gasteiger partial charge on any atom is -0.347 e. The summed E-state index contributed by atoms with van der Waals surface area (Å²) < 4.78 is 4.09. The average Bonchev–Trinajstić information content (AvgIpc) is 3.03. The van der Waals surface area contributed by atoms with Crippen molar-refractivity contribution in [1.82, 2.24) is 14.7 Å². The Morgan fingerprint density at radius 2 is 2.38 bits per heavy atom. The van der Waals surface area contributed by atoms with Crippen LogP contribution in [0.15, 0.2) is 6.33 Å². The molecule has 2 aliphatic rings. The smallest absolute Gasteiger partial charge is 0.204 e. The molecule has 16 heavy (non-hydrogen) atoms. The normalized spacial score (nSPS) is 30.9. The zero-order valence-corrected chi connectivity index (χ0v) is 10.2. The van der Waals surface area contributed by atoms with Gasteiger partial charge in [-0.1, -0.05) is 0 Å². The summed E-state index contributed by atoms with van der Waals surface area (Å²) in [6.45, 7) is 3.52. The first-order valence-corrected chi connectivity index (χ1v) is 6.96. The summed E-state index contributed by atoms with van der Waals surface area (Å²) in [5, 5.41) is 4.73. The Balaban J connectivity index is 1.65. The number of nitrogens with one attached hydrogen (secondary N) is 1. The van der Waals surface area contributed by atoms with E-state index in [9.17, 15) is 0 Å². The first-order chi connectivity index (χ1) is 7.93. The molecular formula is C11H18N4S. The van der Waals surface area contributed by atoms with Crippen LogP contribution in [0.25, 0.3) is 0 Å². The van der Waals surface area contributed by atoms with Crippen molar-refractivity contribution in [1.29, 1.82) is 0 Å². The molecule has 0 radical (unpaired) electrons. The van der Waals surface area contributed by atoms with E-state index in [1.165, 1.54) is 43.8 Å². The quantitative estimate of drug-likeness (QED) is 0.848. The Morgan fingerprint density at radius 3 is 3.12 bits per heavy atom. The number of nitrogens with zero attached hydrogens (tertiary/aromatic N) is 3. The zero-order valence-electron chi connectivity index (χ0n) is 9.43. The molecule has 4 nitrogen and oxygen atoms in total. The van der Waals surface area contributed by atoms with Gasteiger partial charge < -0.3 is 10.2 Å². The topological polar surface area (TPSA) is 41.1 Å². The van der Waals surface area contributed by atoms with Crippen LogP contribution in [-0.4, -0.2) is 35.0 Å². The maximum absolute atomic E-state index is 4.31. The molecule has 88 valence electrons. The van der Waals surface area contributed by atoms with E-state index in [-0.39, 0.29) is 0 Å². The minimum atomic E-state index is 0.746. The van der Waals surface area contributed by atoms with Crippen molar-refractivity contribution >= 4 is 16.7 Å². The van der Waals surface area contributed by atoms with E-state index in [2.05, 4.69) is 19.6 Å². The van der Waals surface area contributed by atoms with Crippen molar-refractivity contribution in [2.45, 2.75) is 31.7 Å². The third-order valence-corrected chi connectivity index (χ3v) is 4.47. The fraction of sp³-hybridized carbons (Fsp3) is 0.818. The van der Waals surface area contributed by atoms with Gasteiger partial charge in [-0.3, -0.25) is 0 Å². The highest BCUT2D eigenvalue weighted by Gasteiger charge is 2.29. The van der Waals surface area contributed by atoms with Crippen LogP contribution in [0, 0.1) is 5.92 Å². The van der Waals surface area contributed by atoms with Gasteiger partial charge in [0.2, 0.25) is 5.13 Å². The number of aromatic nitrogens is 2. The third kappa shape index (κ3) is 2.06. The first kappa shape index (κ1) is 10.5. The molecule has 2 unspecified atom stereocenters. The van der Waals surface area contributed by atoms with Gasteiger partial charge in [-0.05, 0) is 38.1 Å². The van der Waals surface area contributed by atoms with Gasteiger partial charge >= 0.3 is 0 Å². The lowest BCUT2D eigenvalue weighted by atomic mass is 9.90. The van der Waals surface area contributed by atoms with Crippen molar-refractivity contribution in [3.05, 3.63) is 6.33 Å². The van der Waals surface area contributed by atoms with Crippen molar-refractivity contribution in [2.75, 3.05) is 24.5 Å². The molecular weight excluding hydrogens is 220 g/mol. The molecule has 1 N–H and O–H groups in total. The molecule has 0 aromatic carbocycles. The van der Waals surface area contributed by atoms with Gasteiger partial charge in [-0.2, -0.15) is 4.37 Å². The van der Waals surface area contributed by atoms with Crippen LogP contribution in [0.1, 0.15) is 25.7 Å². The van der Waals surface area contributed by atoms with Crippen LogP contribution >= 0.6 is 11.5 Å². The zero-order chi connectivity index (χ0) is 10.8. The Kier molecular flexibility index (Phi) is 3.06. The van der Waals surface area contributed by atoms with E-state index >= 15 is 0 Å². The fourth-order valence-electron chi connectivity index (χ4n) is 2.93. The molecule has 2 saturated heterocycles. The number of anilines is 1. The van der Waals surface area contributed by atoms with Crippen LogP contribution in [0.5, 0.6) is 0 Å². The van der Waals surface area contributed by atoms with Crippen molar-refractivity contribution in [2.24, 2.45) is 5.92 Å². The second-order valence-electron chi connectivity index (χ2n) is 4.78. The largest absolute Gasteiger partial charge is 0.347 e. The van der Waals surface area contributed by atoms with E-state index in [1.807, 2.05) is 0 Å². The Bertz CT molecular complexity index is 321. The van der Waals surface area contributed by atoms with E-state index in [4.69, 9.17) is 0 Å². The number of hydrogen-bond acceptors (Lipinski definition) is 5. The number of hydrogen-bond donors (Lipinski definition) is 1. The molecule has 0 spiro atoms. The lowest BCUT2D eigenvalue weighted by molar-refractivity contribution is 0.328. The summed E-state index contributed by atoms with van der Waals surface area (Å²) in [6, 6.07) is 0.746. The maximum atomic E-state index is 4.31. The van der Waals surface area contributed by atoms with E-state index in [0.717, 1.165) is 30.2 Å². The van der Waals surface area contributed by atoms with Gasteiger partial charge in [-0.25, -0.2) is 4.98 Å². The first-order valence-electron chi connectivity index (χ1n) is 6.18. The second kappa shape index (κ2) is 4.67. The van der Waals surface area contributed by atoms with Crippen LogP contribution in [0.3, 0.4) is 0 Å². The summed E-state index contributed by atoms with van der Waals surface area (Å²) in [5.74, 6) is 0.806. The third-order valence-electron chi connectivity index (χ3n) is 3.75. The molecule has 0 amide bonds. The molecule has 2 fully saturated rings. The van der Waals surface area contributed by atoms with Crippen LogP contribution in [0.2, 0.25) is 0 Å². The molecule has 2 atom stereocenters. The fourth-order valence-corrected chi connectivity index (χ4v) is 3.50. The molecule has 0 bridgehead atoms. The van der Waals surface area contributed by atoms with E-state index in [0.29, 0.717) is 0 Å². The van der Waals surface area contributed by atoms with Gasteiger partial charge in [0.1, 0.15) is 6.33 Å². The van der Waals surface area contributed by atoms with Gasteiger partial charge in [0.15, 0.2) is 0 Å². The Labute approximate surface area is 100 Å². The summed E-state index contributed by atoms with van der Waals surface area (Å²) in [4.78, 5) is 6.72. The molecule has 3 rings (SSSR count). The van der Waals surface area contributed by atoms with Gasteiger partial charge in [-0.15, -0.1) is 0 Å². The maximum Gasteiger partial charge on any atom is 0.204 e. The summed E-state index contributed by atoms with van der Waals surface area (Å²) in [7, 11) is 0. The number of piperidine rings is 1. The highest BCUT2D eigenvalue weighted by atomic mass is 32.1. The van der Waals surface area contributed by atoms with Crippen LogP contribution in [-0.2, 0) is 0 Å². The van der Waals surface area contributed by atoms with Crippen molar-refractivity contribution < 1.29 is 0 Å². The molecule has 5 heteroatoms. The predicted molar refractivity (Wildman–Crippen MR) is 65.9 cm³/mol. The molecule has 0 saturated carbocycles. The van der Waals surface area contributed by atoms with E-state index < -0.39 is 0 Å². The van der Waals surface area contributed by atoms with Gasteiger partial charge in [0.25, 0.3) is 0 Å². The highest BCUT2D eigenvalue weighted by Crippen LogP contribution is 2.28. The summed E-state index contributed by atoms with van der Waals surface area (Å²) in [5.41, 5.74) is 0. The molecule has 2 aliphatic heterocycles. The lowest BCUT2D eigenvalue weighted by Gasteiger charge is -2.35. The lowest BCUT2D eigenvalue weighted by Crippen LogP contribution is -2.43. The van der Waals surface area contributed by atoms with Crippen molar-refractivity contribution in [3.8, 4) is 0 Å². The predicted octanol–water partition coefficient (Wildman–Crippen LogP) is 1.51. The van der Waals surface area contributed by atoms with Gasteiger partial charge in [0, 0.05) is 30.7 Å². The monoisotopic (exact) mass is 238 g/mol.